The molecule has 5 aromatic rings. The average Bonchev–Trinajstić information content (AvgIpc) is 2.94. The number of hydrogen-bond acceptors (Lipinski definition) is 5. The van der Waals surface area contributed by atoms with Crippen molar-refractivity contribution in [2.45, 2.75) is 6.54 Å². The van der Waals surface area contributed by atoms with Crippen molar-refractivity contribution in [1.82, 2.24) is 14.0 Å². The minimum Gasteiger partial charge on any atom is -0.497 e. The molecule has 0 aliphatic rings. The second kappa shape index (κ2) is 10.1. The third-order valence-electron chi connectivity index (χ3n) is 5.84. The first-order valence-electron chi connectivity index (χ1n) is 11.5. The van der Waals surface area contributed by atoms with Crippen molar-refractivity contribution < 1.29 is 9.53 Å². The van der Waals surface area contributed by atoms with E-state index in [-0.39, 0.29) is 28.5 Å². The molecule has 8 nitrogen and oxygen atoms in total. The number of nitrogens with zero attached hydrogens (tertiary/aromatic N) is 5. The van der Waals surface area contributed by atoms with Crippen LogP contribution in [0.1, 0.15) is 16.7 Å². The normalized spacial score (nSPS) is 11.7. The molecule has 0 spiro atoms. The van der Waals surface area contributed by atoms with Crippen molar-refractivity contribution in [3.05, 3.63) is 124 Å². The van der Waals surface area contributed by atoms with Crippen LogP contribution in [0.5, 0.6) is 5.75 Å². The maximum Gasteiger partial charge on any atom is 0.271 e. The predicted molar refractivity (Wildman–Crippen MR) is 140 cm³/mol. The van der Waals surface area contributed by atoms with Gasteiger partial charge in [0.1, 0.15) is 23.1 Å². The molecule has 8 heteroatoms. The Morgan fingerprint density at radius 3 is 2.57 bits per heavy atom. The molecule has 0 unspecified atom stereocenters. The third-order valence-corrected chi connectivity index (χ3v) is 5.84. The van der Waals surface area contributed by atoms with Crippen LogP contribution in [-0.2, 0) is 11.3 Å². The molecule has 3 heterocycles. The minimum absolute atomic E-state index is 0.101. The van der Waals surface area contributed by atoms with Crippen LogP contribution in [0.2, 0.25) is 0 Å². The molecule has 2 aromatic carbocycles. The molecule has 0 saturated heterocycles. The van der Waals surface area contributed by atoms with Gasteiger partial charge in [0, 0.05) is 12.3 Å². The van der Waals surface area contributed by atoms with Gasteiger partial charge in [-0.15, -0.1) is 0 Å². The molecule has 0 bridgehead atoms. The first kappa shape index (κ1) is 23.5. The monoisotopic (exact) mass is 487 g/mol. The highest BCUT2D eigenvalue weighted by Gasteiger charge is 2.15. The fourth-order valence-electron chi connectivity index (χ4n) is 4.02. The quantitative estimate of drug-likeness (QED) is 0.278. The van der Waals surface area contributed by atoms with E-state index < -0.39 is 5.91 Å². The minimum atomic E-state index is -0.550. The first-order valence-corrected chi connectivity index (χ1v) is 11.5. The van der Waals surface area contributed by atoms with E-state index in [0.717, 1.165) is 11.1 Å². The van der Waals surface area contributed by atoms with Crippen LogP contribution in [0, 0.1) is 11.3 Å². The number of aromatic nitrogens is 3. The Hall–Kier alpha value is -5.29. The summed E-state index contributed by atoms with van der Waals surface area (Å²) in [5, 5.41) is 10.2. The van der Waals surface area contributed by atoms with E-state index in [0.29, 0.717) is 17.0 Å². The fraction of sp³-hybridized carbons (Fsp3) is 0.0690. The van der Waals surface area contributed by atoms with Gasteiger partial charge in [0.2, 0.25) is 0 Å². The number of hydrogen-bond donors (Lipinski definition) is 0. The molecule has 0 fully saturated rings. The second-order valence-corrected chi connectivity index (χ2v) is 8.20. The molecule has 180 valence electrons. The lowest BCUT2D eigenvalue weighted by atomic mass is 10.2. The van der Waals surface area contributed by atoms with Crippen molar-refractivity contribution >= 4 is 28.7 Å². The van der Waals surface area contributed by atoms with Gasteiger partial charge >= 0.3 is 0 Å². The van der Waals surface area contributed by atoms with Crippen molar-refractivity contribution in [3.8, 4) is 11.8 Å². The topological polar surface area (TPSA) is 102 Å². The van der Waals surface area contributed by atoms with Gasteiger partial charge in [0.25, 0.3) is 11.5 Å². The molecule has 0 radical (unpaired) electrons. The zero-order chi connectivity index (χ0) is 25.8. The number of benzene rings is 2. The Morgan fingerprint density at radius 2 is 1.84 bits per heavy atom. The zero-order valence-electron chi connectivity index (χ0n) is 19.9. The molecular weight excluding hydrogens is 466 g/mol. The summed E-state index contributed by atoms with van der Waals surface area (Å²) < 4.78 is 8.24. The fourth-order valence-corrected chi connectivity index (χ4v) is 4.02. The Balaban J connectivity index is 1.71. The molecule has 5 rings (SSSR count). The van der Waals surface area contributed by atoms with Crippen molar-refractivity contribution in [3.63, 3.8) is 0 Å². The van der Waals surface area contributed by atoms with Gasteiger partial charge in [-0.05, 0) is 47.5 Å². The summed E-state index contributed by atoms with van der Waals surface area (Å²) in [6.45, 7) is 0.261. The summed E-state index contributed by atoms with van der Waals surface area (Å²) >= 11 is 0. The molecular formula is C29H21N5O3. The number of fused-ring (bicyclic) bond motifs is 2. The highest BCUT2D eigenvalue weighted by molar-refractivity contribution is 5.92. The maximum absolute atomic E-state index is 13.3. The van der Waals surface area contributed by atoms with E-state index in [1.165, 1.54) is 16.5 Å². The van der Waals surface area contributed by atoms with Crippen molar-refractivity contribution in [2.75, 3.05) is 7.11 Å². The van der Waals surface area contributed by atoms with Crippen LogP contribution < -0.4 is 15.8 Å². The molecule has 0 N–H and O–H groups in total. The van der Waals surface area contributed by atoms with Crippen LogP contribution >= 0.6 is 0 Å². The number of rotatable bonds is 5. The van der Waals surface area contributed by atoms with Gasteiger partial charge in [-0.25, -0.2) is 4.98 Å². The number of carbonyl (C=O) groups is 1. The standard InChI is InChI=1S/C29H21N5O3/c1-37-23-13-10-20(11-14-23)12-15-26(35)32-27-22(18-30)17-24-28(34(27)19-21-7-3-2-4-8-21)31-25-9-5-6-16-33(25)29(24)36/h2-17H,19H2,1H3/b15-12-,32-27?. The van der Waals surface area contributed by atoms with Crippen LogP contribution in [0.25, 0.3) is 22.8 Å². The molecule has 0 saturated carbocycles. The Labute approximate surface area is 211 Å². The highest BCUT2D eigenvalue weighted by Crippen LogP contribution is 2.14. The zero-order valence-corrected chi connectivity index (χ0v) is 19.9. The lowest BCUT2D eigenvalue weighted by Crippen LogP contribution is -2.29. The summed E-state index contributed by atoms with van der Waals surface area (Å²) in [7, 11) is 1.58. The molecule has 0 aliphatic carbocycles. The van der Waals surface area contributed by atoms with Gasteiger partial charge in [0.15, 0.2) is 5.49 Å². The number of amides is 1. The van der Waals surface area contributed by atoms with E-state index >= 15 is 0 Å². The Bertz CT molecular complexity index is 1830. The Morgan fingerprint density at radius 1 is 1.08 bits per heavy atom. The van der Waals surface area contributed by atoms with E-state index in [9.17, 15) is 14.9 Å². The van der Waals surface area contributed by atoms with Gasteiger partial charge in [0.05, 0.1) is 24.6 Å². The number of ether oxygens (including phenoxy) is 1. The summed E-state index contributed by atoms with van der Waals surface area (Å²) in [6, 6.07) is 25.5. The molecule has 3 aromatic heterocycles. The van der Waals surface area contributed by atoms with E-state index in [2.05, 4.69) is 11.1 Å². The van der Waals surface area contributed by atoms with E-state index in [1.54, 1.807) is 54.3 Å². The summed E-state index contributed by atoms with van der Waals surface area (Å²) in [4.78, 5) is 35.2. The number of nitriles is 1. The second-order valence-electron chi connectivity index (χ2n) is 8.20. The smallest absolute Gasteiger partial charge is 0.271 e. The van der Waals surface area contributed by atoms with Crippen LogP contribution in [0.3, 0.4) is 0 Å². The largest absolute Gasteiger partial charge is 0.497 e. The first-order chi connectivity index (χ1) is 18.1. The lowest BCUT2D eigenvalue weighted by Gasteiger charge is -2.13. The molecule has 1 amide bonds. The van der Waals surface area contributed by atoms with Crippen LogP contribution in [-0.4, -0.2) is 27.0 Å². The van der Waals surface area contributed by atoms with E-state index in [1.807, 2.05) is 42.5 Å². The van der Waals surface area contributed by atoms with E-state index in [4.69, 9.17) is 9.72 Å². The SMILES string of the molecule is COc1ccc(/C=C\C(=O)N=c2c(C#N)cc3c(=O)n4ccccc4nc3n2Cc2ccccc2)cc1. The van der Waals surface area contributed by atoms with Crippen LogP contribution in [0.15, 0.2) is 101 Å². The number of methoxy groups -OCH3 is 1. The van der Waals surface area contributed by atoms with Crippen molar-refractivity contribution in [1.29, 1.82) is 5.26 Å². The van der Waals surface area contributed by atoms with Gasteiger partial charge < -0.3 is 9.30 Å². The average molecular weight is 488 g/mol. The highest BCUT2D eigenvalue weighted by atomic mass is 16.5. The third kappa shape index (κ3) is 4.79. The van der Waals surface area contributed by atoms with Gasteiger partial charge in [-0.3, -0.25) is 14.0 Å². The Kier molecular flexibility index (Phi) is 6.43. The molecule has 0 aliphatic heterocycles. The summed E-state index contributed by atoms with van der Waals surface area (Å²) in [5.74, 6) is 0.159. The number of carbonyl (C=O) groups excluding carboxylic acids is 1. The summed E-state index contributed by atoms with van der Waals surface area (Å²) in [6.07, 6.45) is 4.60. The molecule has 37 heavy (non-hydrogen) atoms. The maximum atomic E-state index is 13.3. The predicted octanol–water partition coefficient (Wildman–Crippen LogP) is 3.72. The summed E-state index contributed by atoms with van der Waals surface area (Å²) in [5.41, 5.74) is 2.40. The van der Waals surface area contributed by atoms with Crippen molar-refractivity contribution in [2.24, 2.45) is 4.99 Å². The molecule has 0 atom stereocenters. The lowest BCUT2D eigenvalue weighted by molar-refractivity contribution is -0.113. The number of pyridine rings is 2. The van der Waals surface area contributed by atoms with Gasteiger partial charge in [-0.2, -0.15) is 10.3 Å². The van der Waals surface area contributed by atoms with Crippen LogP contribution in [0.4, 0.5) is 0 Å². The van der Waals surface area contributed by atoms with Gasteiger partial charge in [-0.1, -0.05) is 48.5 Å².